The molecule has 3 rings (SSSR count). The number of anilines is 1. The molecule has 1 aromatic heterocycles. The summed E-state index contributed by atoms with van der Waals surface area (Å²) in [5.41, 5.74) is 0.182. The average molecular weight is 418 g/mol. The number of aromatic nitrogens is 2. The van der Waals surface area contributed by atoms with Crippen LogP contribution in [-0.2, 0) is 18.0 Å². The van der Waals surface area contributed by atoms with Gasteiger partial charge in [-0.2, -0.15) is 13.2 Å². The minimum atomic E-state index is -4.45. The fourth-order valence-electron chi connectivity index (χ4n) is 2.97. The number of imidazole rings is 1. The minimum absolute atomic E-state index is 0.202. The number of aryl methyl sites for hydroxylation is 1. The fourth-order valence-corrected chi connectivity index (χ4v) is 2.97. The van der Waals surface area contributed by atoms with Gasteiger partial charge in [-0.1, -0.05) is 18.2 Å². The highest BCUT2D eigenvalue weighted by molar-refractivity contribution is 5.81. The Balaban J connectivity index is 1.75. The van der Waals surface area contributed by atoms with Gasteiger partial charge in [0.25, 0.3) is 0 Å². The summed E-state index contributed by atoms with van der Waals surface area (Å²) < 4.78 is 45.6. The molecule has 6 nitrogen and oxygen atoms in total. The molecule has 2 aromatic carbocycles. The van der Waals surface area contributed by atoms with Gasteiger partial charge in [0, 0.05) is 25.1 Å². The summed E-state index contributed by atoms with van der Waals surface area (Å²) in [5.74, 6) is 0.835. The number of methoxy groups -OCH3 is 1. The van der Waals surface area contributed by atoms with Crippen molar-refractivity contribution in [3.63, 3.8) is 0 Å². The summed E-state index contributed by atoms with van der Waals surface area (Å²) in [6.07, 6.45) is -1.07. The van der Waals surface area contributed by atoms with Crippen LogP contribution in [0.5, 0.6) is 5.75 Å². The van der Waals surface area contributed by atoms with Gasteiger partial charge in [-0.15, -0.1) is 0 Å². The van der Waals surface area contributed by atoms with Crippen LogP contribution in [0.15, 0.2) is 60.9 Å². The van der Waals surface area contributed by atoms with Crippen molar-refractivity contribution in [3.05, 3.63) is 77.9 Å². The van der Waals surface area contributed by atoms with E-state index < -0.39 is 23.7 Å². The second-order valence-corrected chi connectivity index (χ2v) is 6.61. The molecule has 0 bridgehead atoms. The van der Waals surface area contributed by atoms with Gasteiger partial charge < -0.3 is 19.9 Å². The van der Waals surface area contributed by atoms with E-state index in [0.717, 1.165) is 17.7 Å². The number of hydrogen-bond donors (Lipinski definition) is 2. The molecule has 0 saturated heterocycles. The highest BCUT2D eigenvalue weighted by Gasteiger charge is 2.30. The molecule has 0 fully saturated rings. The number of ether oxygens (including phenoxy) is 1. The first-order valence-corrected chi connectivity index (χ1v) is 9.09. The number of hydrogen-bond acceptors (Lipinski definition) is 4. The first-order chi connectivity index (χ1) is 14.3. The van der Waals surface area contributed by atoms with E-state index in [-0.39, 0.29) is 12.2 Å². The zero-order valence-corrected chi connectivity index (χ0v) is 16.4. The number of nitrogens with zero attached hydrogens (tertiary/aromatic N) is 2. The lowest BCUT2D eigenvalue weighted by molar-refractivity contribution is -0.137. The van der Waals surface area contributed by atoms with E-state index in [1.165, 1.54) is 12.1 Å². The van der Waals surface area contributed by atoms with Crippen LogP contribution in [0.3, 0.4) is 0 Å². The van der Waals surface area contributed by atoms with E-state index in [9.17, 15) is 18.0 Å². The zero-order valence-electron chi connectivity index (χ0n) is 16.4. The molecule has 0 aliphatic rings. The summed E-state index contributed by atoms with van der Waals surface area (Å²) in [6.45, 7) is -0.202. The van der Waals surface area contributed by atoms with Crippen molar-refractivity contribution < 1.29 is 22.7 Å². The summed E-state index contributed by atoms with van der Waals surface area (Å²) in [7, 11) is 3.36. The number of halogens is 3. The van der Waals surface area contributed by atoms with Crippen molar-refractivity contribution >= 4 is 11.6 Å². The molecule has 0 aliphatic carbocycles. The van der Waals surface area contributed by atoms with E-state index in [1.54, 1.807) is 42.3 Å². The Morgan fingerprint density at radius 2 is 1.97 bits per heavy atom. The summed E-state index contributed by atoms with van der Waals surface area (Å²) in [5, 5.41) is 5.61. The maximum absolute atomic E-state index is 12.9. The molecule has 0 aliphatic heterocycles. The Bertz CT molecular complexity index is 1020. The van der Waals surface area contributed by atoms with Crippen LogP contribution < -0.4 is 15.4 Å². The van der Waals surface area contributed by atoms with Crippen molar-refractivity contribution in [2.24, 2.45) is 7.05 Å². The second-order valence-electron chi connectivity index (χ2n) is 6.61. The normalized spacial score (nSPS) is 12.3. The maximum atomic E-state index is 12.9. The van der Waals surface area contributed by atoms with E-state index >= 15 is 0 Å². The third-order valence-corrected chi connectivity index (χ3v) is 4.49. The largest absolute Gasteiger partial charge is 0.497 e. The molecule has 1 heterocycles. The molecule has 3 aromatic rings. The number of carbonyl (C=O) groups excluding carboxylic acids is 1. The van der Waals surface area contributed by atoms with Crippen molar-refractivity contribution in [2.75, 3.05) is 19.0 Å². The van der Waals surface area contributed by atoms with Crippen LogP contribution in [0.1, 0.15) is 23.0 Å². The van der Waals surface area contributed by atoms with Gasteiger partial charge in [-0.25, -0.2) is 4.98 Å². The first kappa shape index (κ1) is 21.2. The van der Waals surface area contributed by atoms with Crippen LogP contribution in [0, 0.1) is 0 Å². The van der Waals surface area contributed by atoms with Crippen LogP contribution in [0.4, 0.5) is 18.9 Å². The average Bonchev–Trinajstić information content (AvgIpc) is 3.15. The summed E-state index contributed by atoms with van der Waals surface area (Å²) >= 11 is 0. The Morgan fingerprint density at radius 1 is 1.20 bits per heavy atom. The quantitative estimate of drug-likeness (QED) is 0.613. The number of rotatable bonds is 7. The van der Waals surface area contributed by atoms with E-state index in [4.69, 9.17) is 4.74 Å². The number of nitrogens with one attached hydrogen (secondary N) is 2. The Morgan fingerprint density at radius 3 is 2.63 bits per heavy atom. The number of carbonyl (C=O) groups is 1. The monoisotopic (exact) mass is 418 g/mol. The van der Waals surface area contributed by atoms with Crippen LogP contribution in [0.25, 0.3) is 0 Å². The molecule has 9 heteroatoms. The Labute approximate surface area is 171 Å². The van der Waals surface area contributed by atoms with Gasteiger partial charge >= 0.3 is 6.18 Å². The van der Waals surface area contributed by atoms with Crippen LogP contribution in [0.2, 0.25) is 0 Å². The molecule has 0 saturated carbocycles. The van der Waals surface area contributed by atoms with E-state index in [1.807, 2.05) is 13.1 Å². The topological polar surface area (TPSA) is 68.2 Å². The Kier molecular flexibility index (Phi) is 6.29. The van der Waals surface area contributed by atoms with E-state index in [2.05, 4.69) is 15.6 Å². The van der Waals surface area contributed by atoms with Gasteiger partial charge in [0.1, 0.15) is 17.6 Å². The number of amides is 1. The molecule has 0 spiro atoms. The minimum Gasteiger partial charge on any atom is -0.497 e. The number of alkyl halides is 3. The highest BCUT2D eigenvalue weighted by Crippen LogP contribution is 2.30. The molecule has 1 amide bonds. The van der Waals surface area contributed by atoms with Crippen molar-refractivity contribution in [1.82, 2.24) is 14.9 Å². The zero-order chi connectivity index (χ0) is 21.7. The fraction of sp³-hybridized carbons (Fsp3) is 0.238. The lowest BCUT2D eigenvalue weighted by Gasteiger charge is -2.20. The highest BCUT2D eigenvalue weighted by atomic mass is 19.4. The van der Waals surface area contributed by atoms with Crippen LogP contribution in [-0.4, -0.2) is 29.1 Å². The summed E-state index contributed by atoms with van der Waals surface area (Å²) in [4.78, 5) is 16.9. The second kappa shape index (κ2) is 8.89. The van der Waals surface area contributed by atoms with Gasteiger partial charge in [0.05, 0.1) is 19.2 Å². The molecule has 0 radical (unpaired) electrons. The molecule has 1 unspecified atom stereocenters. The molecule has 1 atom stereocenters. The van der Waals surface area contributed by atoms with E-state index in [0.29, 0.717) is 11.6 Å². The SMILES string of the molecule is COc1cccc(C(NC(=O)CNc2cccc(C(F)(F)F)c2)c2nccn2C)c1. The van der Waals surface area contributed by atoms with Crippen LogP contribution >= 0.6 is 0 Å². The number of benzene rings is 2. The molecular weight excluding hydrogens is 397 g/mol. The predicted molar refractivity (Wildman–Crippen MR) is 106 cm³/mol. The van der Waals surface area contributed by atoms with Gasteiger partial charge in [-0.3, -0.25) is 4.79 Å². The molecule has 2 N–H and O–H groups in total. The molecular formula is C21H21F3N4O2. The standard InChI is InChI=1S/C21H21F3N4O2/c1-28-10-9-25-20(28)19(14-5-3-8-17(11-14)30-2)27-18(29)13-26-16-7-4-6-15(12-16)21(22,23)24/h3-12,19,26H,13H2,1-2H3,(H,27,29). The lowest BCUT2D eigenvalue weighted by atomic mass is 10.1. The molecule has 158 valence electrons. The lowest BCUT2D eigenvalue weighted by Crippen LogP contribution is -2.35. The predicted octanol–water partition coefficient (Wildman–Crippen LogP) is 3.77. The van der Waals surface area contributed by atoms with Gasteiger partial charge in [0.15, 0.2) is 0 Å². The van der Waals surface area contributed by atoms with Crippen molar-refractivity contribution in [1.29, 1.82) is 0 Å². The maximum Gasteiger partial charge on any atom is 0.416 e. The van der Waals surface area contributed by atoms with Crippen molar-refractivity contribution in [3.8, 4) is 5.75 Å². The third kappa shape index (κ3) is 5.11. The third-order valence-electron chi connectivity index (χ3n) is 4.49. The van der Waals surface area contributed by atoms with Gasteiger partial charge in [0.2, 0.25) is 5.91 Å². The smallest absolute Gasteiger partial charge is 0.416 e. The summed E-state index contributed by atoms with van der Waals surface area (Å²) in [6, 6.07) is 11.4. The first-order valence-electron chi connectivity index (χ1n) is 9.09. The Hall–Kier alpha value is -3.49. The molecule has 30 heavy (non-hydrogen) atoms. The van der Waals surface area contributed by atoms with Crippen molar-refractivity contribution in [2.45, 2.75) is 12.2 Å². The van der Waals surface area contributed by atoms with Gasteiger partial charge in [-0.05, 0) is 35.9 Å².